The monoisotopic (exact) mass is 417 g/mol. The summed E-state index contributed by atoms with van der Waals surface area (Å²) in [6.45, 7) is 2.13. The third-order valence-corrected chi connectivity index (χ3v) is 4.50. The Labute approximate surface area is 171 Å². The van der Waals surface area contributed by atoms with Gasteiger partial charge in [-0.1, -0.05) is 0 Å². The Balaban J connectivity index is 1.87. The van der Waals surface area contributed by atoms with E-state index in [4.69, 9.17) is 26.1 Å². The minimum absolute atomic E-state index is 0.00875. The fourth-order valence-electron chi connectivity index (χ4n) is 2.88. The molecule has 152 valence electrons. The Kier molecular flexibility index (Phi) is 6.25. The SMILES string of the molecule is COCCOC(=O)C1=C(C)NC(=S)N[C@@H]1c1ccc(-c2ccc([N+](=O)[O-])cc2)o1. The summed E-state index contributed by atoms with van der Waals surface area (Å²) in [6, 6.07) is 8.82. The van der Waals surface area contributed by atoms with E-state index < -0.39 is 16.9 Å². The average molecular weight is 417 g/mol. The molecule has 1 atom stereocenters. The molecule has 0 aliphatic carbocycles. The number of nitrogens with one attached hydrogen (secondary N) is 2. The number of thiocarbonyl (C=S) groups is 1. The van der Waals surface area contributed by atoms with Gasteiger partial charge in [0.1, 0.15) is 24.2 Å². The van der Waals surface area contributed by atoms with Gasteiger partial charge in [-0.05, 0) is 43.4 Å². The van der Waals surface area contributed by atoms with Crippen molar-refractivity contribution in [3.05, 3.63) is 63.5 Å². The fourth-order valence-corrected chi connectivity index (χ4v) is 3.15. The molecule has 0 unspecified atom stereocenters. The van der Waals surface area contributed by atoms with Gasteiger partial charge in [0.25, 0.3) is 5.69 Å². The number of hydrogen-bond acceptors (Lipinski definition) is 7. The van der Waals surface area contributed by atoms with Crippen molar-refractivity contribution in [2.45, 2.75) is 13.0 Å². The van der Waals surface area contributed by atoms with Crippen LogP contribution in [0.3, 0.4) is 0 Å². The first kappa shape index (κ1) is 20.5. The number of carbonyl (C=O) groups excluding carboxylic acids is 1. The van der Waals surface area contributed by atoms with E-state index in [-0.39, 0.29) is 18.9 Å². The number of carbonyl (C=O) groups is 1. The highest BCUT2D eigenvalue weighted by Crippen LogP contribution is 2.32. The van der Waals surface area contributed by atoms with Gasteiger partial charge in [0.05, 0.1) is 17.1 Å². The third-order valence-electron chi connectivity index (χ3n) is 4.28. The van der Waals surface area contributed by atoms with Gasteiger partial charge in [-0.25, -0.2) is 4.79 Å². The number of furan rings is 1. The van der Waals surface area contributed by atoms with Crippen molar-refractivity contribution in [1.82, 2.24) is 10.6 Å². The molecule has 29 heavy (non-hydrogen) atoms. The highest BCUT2D eigenvalue weighted by molar-refractivity contribution is 7.80. The van der Waals surface area contributed by atoms with Gasteiger partial charge in [0, 0.05) is 30.5 Å². The molecule has 2 N–H and O–H groups in total. The maximum Gasteiger partial charge on any atom is 0.338 e. The van der Waals surface area contributed by atoms with E-state index in [1.807, 2.05) is 0 Å². The maximum atomic E-state index is 12.6. The smallest absolute Gasteiger partial charge is 0.338 e. The Morgan fingerprint density at radius 1 is 1.24 bits per heavy atom. The summed E-state index contributed by atoms with van der Waals surface area (Å²) in [5, 5.41) is 17.1. The lowest BCUT2D eigenvalue weighted by Gasteiger charge is -2.28. The van der Waals surface area contributed by atoms with E-state index in [1.54, 1.807) is 31.2 Å². The van der Waals surface area contributed by atoms with Crippen LogP contribution in [0, 0.1) is 10.1 Å². The van der Waals surface area contributed by atoms with Crippen molar-refractivity contribution < 1.29 is 23.6 Å². The molecule has 2 aromatic rings. The third kappa shape index (κ3) is 4.61. The summed E-state index contributed by atoms with van der Waals surface area (Å²) in [5.41, 5.74) is 1.57. The minimum Gasteiger partial charge on any atom is -0.460 e. The number of hydrogen-bond donors (Lipinski definition) is 2. The summed E-state index contributed by atoms with van der Waals surface area (Å²) in [4.78, 5) is 22.9. The summed E-state index contributed by atoms with van der Waals surface area (Å²) in [7, 11) is 1.52. The number of ether oxygens (including phenoxy) is 2. The first-order valence-electron chi connectivity index (χ1n) is 8.69. The zero-order valence-corrected chi connectivity index (χ0v) is 16.6. The topological polar surface area (TPSA) is 116 Å². The molecule has 0 radical (unpaired) electrons. The van der Waals surface area contributed by atoms with Gasteiger partial charge < -0.3 is 24.5 Å². The Morgan fingerprint density at radius 3 is 2.62 bits per heavy atom. The molecule has 10 heteroatoms. The van der Waals surface area contributed by atoms with Crippen LogP contribution in [-0.2, 0) is 14.3 Å². The molecule has 0 saturated heterocycles. The normalized spacial score (nSPS) is 16.2. The zero-order valence-electron chi connectivity index (χ0n) is 15.8. The van der Waals surface area contributed by atoms with Crippen molar-refractivity contribution in [1.29, 1.82) is 0 Å². The summed E-state index contributed by atoms with van der Waals surface area (Å²) < 4.78 is 16.1. The Hall–Kier alpha value is -3.24. The Morgan fingerprint density at radius 2 is 1.97 bits per heavy atom. The molecule has 3 rings (SSSR count). The molecule has 0 spiro atoms. The Bertz CT molecular complexity index is 967. The standard InChI is InChI=1S/C19H19N3O6S/c1-11-16(18(23)27-10-9-26-2)17(21-19(29)20-11)15-8-7-14(28-15)12-3-5-13(6-4-12)22(24)25/h3-8,17H,9-10H2,1-2H3,(H2,20,21,29)/t17-/m1/s1. The number of nitro groups is 1. The summed E-state index contributed by atoms with van der Waals surface area (Å²) >= 11 is 5.21. The van der Waals surface area contributed by atoms with E-state index in [9.17, 15) is 14.9 Å². The van der Waals surface area contributed by atoms with Crippen LogP contribution in [0.5, 0.6) is 0 Å². The van der Waals surface area contributed by atoms with Gasteiger partial charge in [0.15, 0.2) is 5.11 Å². The van der Waals surface area contributed by atoms with Gasteiger partial charge in [0.2, 0.25) is 0 Å². The highest BCUT2D eigenvalue weighted by atomic mass is 32.1. The minimum atomic E-state index is -0.634. The highest BCUT2D eigenvalue weighted by Gasteiger charge is 2.33. The quantitative estimate of drug-likeness (QED) is 0.231. The van der Waals surface area contributed by atoms with Gasteiger partial charge in [-0.2, -0.15) is 0 Å². The molecular formula is C19H19N3O6S. The van der Waals surface area contributed by atoms with Crippen LogP contribution in [0.4, 0.5) is 5.69 Å². The molecule has 1 aliphatic heterocycles. The van der Waals surface area contributed by atoms with Gasteiger partial charge in [-0.3, -0.25) is 10.1 Å². The number of non-ortho nitro benzene ring substituents is 1. The predicted octanol–water partition coefficient (Wildman–Crippen LogP) is 2.84. The number of esters is 1. The van der Waals surface area contributed by atoms with Crippen molar-refractivity contribution in [2.75, 3.05) is 20.3 Å². The van der Waals surface area contributed by atoms with Crippen LogP contribution < -0.4 is 10.6 Å². The van der Waals surface area contributed by atoms with Crippen LogP contribution in [-0.4, -0.2) is 36.3 Å². The second-order valence-corrected chi connectivity index (χ2v) is 6.61. The van der Waals surface area contributed by atoms with Crippen molar-refractivity contribution in [2.24, 2.45) is 0 Å². The predicted molar refractivity (Wildman–Crippen MR) is 108 cm³/mol. The van der Waals surface area contributed by atoms with E-state index in [0.29, 0.717) is 33.5 Å². The van der Waals surface area contributed by atoms with Crippen LogP contribution in [0.1, 0.15) is 18.7 Å². The summed E-state index contributed by atoms with van der Waals surface area (Å²) in [5.74, 6) is 0.450. The molecular weight excluding hydrogens is 398 g/mol. The molecule has 0 fully saturated rings. The second kappa shape index (κ2) is 8.84. The maximum absolute atomic E-state index is 12.6. The lowest BCUT2D eigenvalue weighted by Crippen LogP contribution is -2.45. The van der Waals surface area contributed by atoms with Crippen LogP contribution in [0.2, 0.25) is 0 Å². The molecule has 1 aromatic carbocycles. The fraction of sp³-hybridized carbons (Fsp3) is 0.263. The van der Waals surface area contributed by atoms with Crippen molar-refractivity contribution in [3.8, 4) is 11.3 Å². The number of benzene rings is 1. The average Bonchev–Trinajstić information content (AvgIpc) is 3.17. The summed E-state index contributed by atoms with van der Waals surface area (Å²) in [6.07, 6.45) is 0. The number of methoxy groups -OCH3 is 1. The van der Waals surface area contributed by atoms with Gasteiger partial charge >= 0.3 is 5.97 Å². The lowest BCUT2D eigenvalue weighted by molar-refractivity contribution is -0.384. The molecule has 0 amide bonds. The molecule has 1 aromatic heterocycles. The number of rotatable bonds is 7. The molecule has 9 nitrogen and oxygen atoms in total. The first-order valence-corrected chi connectivity index (χ1v) is 9.10. The molecule has 0 saturated carbocycles. The van der Waals surface area contributed by atoms with E-state index in [2.05, 4.69) is 10.6 Å². The van der Waals surface area contributed by atoms with E-state index >= 15 is 0 Å². The van der Waals surface area contributed by atoms with Crippen LogP contribution in [0.15, 0.2) is 52.1 Å². The molecule has 2 heterocycles. The number of nitrogens with zero attached hydrogens (tertiary/aromatic N) is 1. The number of nitro benzene ring substituents is 1. The van der Waals surface area contributed by atoms with Crippen LogP contribution in [0.25, 0.3) is 11.3 Å². The second-order valence-electron chi connectivity index (χ2n) is 6.20. The van der Waals surface area contributed by atoms with E-state index in [0.717, 1.165) is 0 Å². The molecule has 0 bridgehead atoms. The van der Waals surface area contributed by atoms with E-state index in [1.165, 1.54) is 19.2 Å². The lowest BCUT2D eigenvalue weighted by atomic mass is 10.0. The zero-order chi connectivity index (χ0) is 21.0. The first-order chi connectivity index (χ1) is 13.9. The largest absolute Gasteiger partial charge is 0.460 e. The van der Waals surface area contributed by atoms with Crippen molar-refractivity contribution in [3.63, 3.8) is 0 Å². The van der Waals surface area contributed by atoms with Crippen LogP contribution >= 0.6 is 12.2 Å². The molecule has 1 aliphatic rings. The van der Waals surface area contributed by atoms with Crippen molar-refractivity contribution >= 4 is 29.0 Å². The number of allylic oxidation sites excluding steroid dienone is 1. The van der Waals surface area contributed by atoms with Gasteiger partial charge in [-0.15, -0.1) is 0 Å².